The van der Waals surface area contributed by atoms with E-state index in [1.807, 2.05) is 30.3 Å². The summed E-state index contributed by atoms with van der Waals surface area (Å²) in [7, 11) is -3.68. The van der Waals surface area contributed by atoms with E-state index in [2.05, 4.69) is 10.0 Å². The van der Waals surface area contributed by atoms with Crippen molar-refractivity contribution in [3.8, 4) is 0 Å². The first kappa shape index (κ1) is 17.6. The van der Waals surface area contributed by atoms with Gasteiger partial charge in [-0.15, -0.1) is 0 Å². The third-order valence-corrected chi connectivity index (χ3v) is 5.50. The molecule has 25 heavy (non-hydrogen) atoms. The molecule has 1 saturated heterocycles. The van der Waals surface area contributed by atoms with E-state index in [0.717, 1.165) is 18.7 Å². The van der Waals surface area contributed by atoms with Crippen LogP contribution in [0.5, 0.6) is 0 Å². The average molecular weight is 359 g/mol. The summed E-state index contributed by atoms with van der Waals surface area (Å²) in [5.41, 5.74) is 1.27. The van der Waals surface area contributed by atoms with Crippen LogP contribution in [0.2, 0.25) is 0 Å². The van der Waals surface area contributed by atoms with E-state index in [1.54, 1.807) is 17.0 Å². The number of hydrogen-bond donors (Lipinski definition) is 2. The number of carbonyl (C=O) groups excluding carboxylic acids is 1. The first-order valence-corrected chi connectivity index (χ1v) is 9.68. The van der Waals surface area contributed by atoms with Crippen LogP contribution in [0, 0.1) is 0 Å². The molecule has 1 aliphatic heterocycles. The topological polar surface area (TPSA) is 78.5 Å². The molecule has 0 spiro atoms. The molecular formula is C18H21N3O3S. The molecule has 1 aliphatic rings. The van der Waals surface area contributed by atoms with Crippen LogP contribution in [-0.2, 0) is 16.6 Å². The third-order valence-electron chi connectivity index (χ3n) is 4.10. The molecule has 6 nitrogen and oxygen atoms in total. The smallest absolute Gasteiger partial charge is 0.253 e. The highest BCUT2D eigenvalue weighted by molar-refractivity contribution is 7.89. The van der Waals surface area contributed by atoms with Gasteiger partial charge in [0.05, 0.1) is 4.90 Å². The molecule has 0 aromatic heterocycles. The van der Waals surface area contributed by atoms with Crippen molar-refractivity contribution in [2.24, 2.45) is 0 Å². The Bertz CT molecular complexity index is 832. The molecule has 7 heteroatoms. The summed E-state index contributed by atoms with van der Waals surface area (Å²) < 4.78 is 27.6. The van der Waals surface area contributed by atoms with Crippen molar-refractivity contribution in [2.45, 2.75) is 11.4 Å². The van der Waals surface area contributed by atoms with Crippen LogP contribution < -0.4 is 10.0 Å². The van der Waals surface area contributed by atoms with Crippen LogP contribution in [0.4, 0.5) is 0 Å². The maximum atomic E-state index is 12.5. The number of hydrogen-bond acceptors (Lipinski definition) is 4. The van der Waals surface area contributed by atoms with Gasteiger partial charge in [-0.25, -0.2) is 13.1 Å². The van der Waals surface area contributed by atoms with Crippen molar-refractivity contribution in [3.63, 3.8) is 0 Å². The summed E-state index contributed by atoms with van der Waals surface area (Å²) in [6, 6.07) is 15.5. The number of benzene rings is 2. The van der Waals surface area contributed by atoms with Crippen molar-refractivity contribution in [1.29, 1.82) is 0 Å². The van der Waals surface area contributed by atoms with Crippen LogP contribution in [0.1, 0.15) is 15.9 Å². The van der Waals surface area contributed by atoms with E-state index in [0.29, 0.717) is 18.7 Å². The lowest BCUT2D eigenvalue weighted by Gasteiger charge is -2.27. The van der Waals surface area contributed by atoms with Crippen molar-refractivity contribution in [1.82, 2.24) is 14.9 Å². The van der Waals surface area contributed by atoms with Crippen molar-refractivity contribution < 1.29 is 13.2 Å². The lowest BCUT2D eigenvalue weighted by atomic mass is 10.2. The molecule has 1 amide bonds. The second kappa shape index (κ2) is 7.77. The zero-order chi connectivity index (χ0) is 17.7. The number of rotatable bonds is 5. The first-order chi connectivity index (χ1) is 12.1. The Morgan fingerprint density at radius 1 is 1.04 bits per heavy atom. The van der Waals surface area contributed by atoms with E-state index < -0.39 is 10.0 Å². The summed E-state index contributed by atoms with van der Waals surface area (Å²) >= 11 is 0. The van der Waals surface area contributed by atoms with E-state index in [9.17, 15) is 13.2 Å². The van der Waals surface area contributed by atoms with Crippen LogP contribution in [0.25, 0.3) is 0 Å². The zero-order valence-electron chi connectivity index (χ0n) is 13.8. The summed E-state index contributed by atoms with van der Waals surface area (Å²) in [6.45, 7) is 2.97. The van der Waals surface area contributed by atoms with Gasteiger partial charge < -0.3 is 10.2 Å². The molecule has 2 aromatic rings. The third kappa shape index (κ3) is 4.45. The molecule has 132 valence electrons. The lowest BCUT2D eigenvalue weighted by Crippen LogP contribution is -2.46. The van der Waals surface area contributed by atoms with E-state index in [1.165, 1.54) is 12.1 Å². The van der Waals surface area contributed by atoms with Crippen LogP contribution in [0.3, 0.4) is 0 Å². The average Bonchev–Trinajstić information content (AvgIpc) is 2.67. The molecule has 3 rings (SSSR count). The quantitative estimate of drug-likeness (QED) is 0.841. The fourth-order valence-electron chi connectivity index (χ4n) is 2.70. The van der Waals surface area contributed by atoms with Gasteiger partial charge in [0, 0.05) is 38.3 Å². The molecule has 1 fully saturated rings. The minimum atomic E-state index is -3.68. The van der Waals surface area contributed by atoms with Gasteiger partial charge in [-0.2, -0.15) is 0 Å². The van der Waals surface area contributed by atoms with Crippen molar-refractivity contribution >= 4 is 15.9 Å². The molecule has 0 bridgehead atoms. The van der Waals surface area contributed by atoms with Gasteiger partial charge in [0.2, 0.25) is 10.0 Å². The van der Waals surface area contributed by atoms with Gasteiger partial charge in [-0.1, -0.05) is 36.4 Å². The Balaban J connectivity index is 1.74. The van der Waals surface area contributed by atoms with Gasteiger partial charge >= 0.3 is 0 Å². The molecule has 2 N–H and O–H groups in total. The van der Waals surface area contributed by atoms with Gasteiger partial charge in [-0.05, 0) is 23.8 Å². The van der Waals surface area contributed by atoms with E-state index >= 15 is 0 Å². The maximum absolute atomic E-state index is 12.5. The summed E-state index contributed by atoms with van der Waals surface area (Å²) in [5.74, 6) is -0.137. The number of amides is 1. The van der Waals surface area contributed by atoms with Gasteiger partial charge in [0.15, 0.2) is 0 Å². The Labute approximate surface area is 147 Å². The van der Waals surface area contributed by atoms with Crippen molar-refractivity contribution in [3.05, 3.63) is 65.7 Å². The number of sulfonamides is 1. The highest BCUT2D eigenvalue weighted by Gasteiger charge is 2.20. The van der Waals surface area contributed by atoms with Crippen LogP contribution in [-0.4, -0.2) is 45.4 Å². The Kier molecular flexibility index (Phi) is 5.47. The largest absolute Gasteiger partial charge is 0.336 e. The maximum Gasteiger partial charge on any atom is 0.253 e. The summed E-state index contributed by atoms with van der Waals surface area (Å²) in [5, 5.41) is 3.19. The van der Waals surface area contributed by atoms with Crippen LogP contribution in [0.15, 0.2) is 59.5 Å². The van der Waals surface area contributed by atoms with E-state index in [4.69, 9.17) is 0 Å². The SMILES string of the molecule is O=C(c1cccc(S(=O)(=O)NCc2ccccc2)c1)N1CCNCC1. The lowest BCUT2D eigenvalue weighted by molar-refractivity contribution is 0.0735. The molecule has 2 aromatic carbocycles. The molecule has 0 radical (unpaired) electrons. The summed E-state index contributed by atoms with van der Waals surface area (Å²) in [6.07, 6.45) is 0. The molecule has 0 unspecified atom stereocenters. The Morgan fingerprint density at radius 2 is 1.76 bits per heavy atom. The Hall–Kier alpha value is -2.22. The minimum Gasteiger partial charge on any atom is -0.336 e. The molecule has 0 atom stereocenters. The minimum absolute atomic E-state index is 0.101. The number of nitrogens with zero attached hydrogens (tertiary/aromatic N) is 1. The van der Waals surface area contributed by atoms with Crippen molar-refractivity contribution in [2.75, 3.05) is 26.2 Å². The fourth-order valence-corrected chi connectivity index (χ4v) is 3.77. The van der Waals surface area contributed by atoms with Gasteiger partial charge in [0.1, 0.15) is 0 Å². The van der Waals surface area contributed by atoms with Gasteiger partial charge in [-0.3, -0.25) is 4.79 Å². The molecule has 1 heterocycles. The second-order valence-corrected chi connectivity index (χ2v) is 7.65. The highest BCUT2D eigenvalue weighted by atomic mass is 32.2. The van der Waals surface area contributed by atoms with Crippen LogP contribution >= 0.6 is 0 Å². The monoisotopic (exact) mass is 359 g/mol. The second-order valence-electron chi connectivity index (χ2n) is 5.88. The normalized spacial score (nSPS) is 15.1. The van der Waals surface area contributed by atoms with Gasteiger partial charge in [0.25, 0.3) is 5.91 Å². The Morgan fingerprint density at radius 3 is 2.48 bits per heavy atom. The number of carbonyl (C=O) groups is 1. The number of piperazine rings is 1. The fraction of sp³-hybridized carbons (Fsp3) is 0.278. The standard InChI is InChI=1S/C18H21N3O3S/c22-18(21-11-9-19-10-12-21)16-7-4-8-17(13-16)25(23,24)20-14-15-5-2-1-3-6-15/h1-8,13,19-20H,9-12,14H2. The predicted octanol–water partition coefficient (Wildman–Crippen LogP) is 1.21. The predicted molar refractivity (Wildman–Crippen MR) is 95.7 cm³/mol. The first-order valence-electron chi connectivity index (χ1n) is 8.20. The molecule has 0 saturated carbocycles. The molecular weight excluding hydrogens is 338 g/mol. The number of nitrogens with one attached hydrogen (secondary N) is 2. The highest BCUT2D eigenvalue weighted by Crippen LogP contribution is 2.14. The van der Waals surface area contributed by atoms with E-state index in [-0.39, 0.29) is 17.3 Å². The summed E-state index contributed by atoms with van der Waals surface area (Å²) in [4.78, 5) is 14.4. The zero-order valence-corrected chi connectivity index (χ0v) is 14.6. The molecule has 0 aliphatic carbocycles.